The van der Waals surface area contributed by atoms with Gasteiger partial charge in [0.1, 0.15) is 5.60 Å². The maximum Gasteiger partial charge on any atom is 0.103 e. The normalized spacial score (nSPS) is 49.0. The molecule has 0 unspecified atom stereocenters. The van der Waals surface area contributed by atoms with Crippen LogP contribution in [-0.2, 0) is 5.60 Å². The van der Waals surface area contributed by atoms with Crippen molar-refractivity contribution in [1.29, 1.82) is 0 Å². The van der Waals surface area contributed by atoms with Gasteiger partial charge in [-0.1, -0.05) is 49.3 Å². The van der Waals surface area contributed by atoms with Gasteiger partial charge in [-0.2, -0.15) is 0 Å². The SMILES string of the molecule is O[C@]12c3ccccc3[C@@H]3CCCC[C@@]31[C@@H]1C=C[C@H]2C1. The Hall–Kier alpha value is -1.08. The lowest BCUT2D eigenvalue weighted by atomic mass is 9.56. The van der Waals surface area contributed by atoms with Crippen molar-refractivity contribution in [2.24, 2.45) is 17.3 Å². The highest BCUT2D eigenvalue weighted by Crippen LogP contribution is 2.76. The first-order chi connectivity index (χ1) is 9.28. The van der Waals surface area contributed by atoms with Gasteiger partial charge in [-0.3, -0.25) is 0 Å². The third kappa shape index (κ3) is 0.922. The number of aliphatic hydroxyl groups is 1. The molecule has 19 heavy (non-hydrogen) atoms. The van der Waals surface area contributed by atoms with E-state index in [0.29, 0.717) is 17.8 Å². The van der Waals surface area contributed by atoms with Gasteiger partial charge in [-0.15, -0.1) is 0 Å². The van der Waals surface area contributed by atoms with Gasteiger partial charge >= 0.3 is 0 Å². The van der Waals surface area contributed by atoms with Gasteiger partial charge in [0.05, 0.1) is 0 Å². The fourth-order valence-corrected chi connectivity index (χ4v) is 6.15. The molecule has 1 aromatic carbocycles. The molecule has 0 amide bonds. The number of benzene rings is 1. The average molecular weight is 252 g/mol. The fraction of sp³-hybridized carbons (Fsp3) is 0.556. The van der Waals surface area contributed by atoms with Crippen LogP contribution in [0.3, 0.4) is 0 Å². The summed E-state index contributed by atoms with van der Waals surface area (Å²) >= 11 is 0. The molecule has 2 bridgehead atoms. The quantitative estimate of drug-likeness (QED) is 0.697. The van der Waals surface area contributed by atoms with Crippen molar-refractivity contribution < 1.29 is 5.11 Å². The van der Waals surface area contributed by atoms with Gasteiger partial charge < -0.3 is 5.11 Å². The van der Waals surface area contributed by atoms with Crippen LogP contribution in [0.5, 0.6) is 0 Å². The number of rotatable bonds is 0. The Kier molecular flexibility index (Phi) is 1.77. The summed E-state index contributed by atoms with van der Waals surface area (Å²) in [6, 6.07) is 8.74. The second-order valence-corrected chi connectivity index (χ2v) is 7.03. The molecule has 98 valence electrons. The van der Waals surface area contributed by atoms with Crippen LogP contribution in [-0.4, -0.2) is 5.11 Å². The van der Waals surface area contributed by atoms with Crippen LogP contribution in [0.2, 0.25) is 0 Å². The summed E-state index contributed by atoms with van der Waals surface area (Å²) in [4.78, 5) is 0. The smallest absolute Gasteiger partial charge is 0.103 e. The van der Waals surface area contributed by atoms with Crippen LogP contribution >= 0.6 is 0 Å². The molecule has 0 aromatic heterocycles. The van der Waals surface area contributed by atoms with Crippen LogP contribution in [0.1, 0.15) is 49.1 Å². The maximum absolute atomic E-state index is 11.7. The highest BCUT2D eigenvalue weighted by atomic mass is 16.3. The standard InChI is InChI=1S/C18H20O/c19-18-13-9-8-12(11-13)17(18)10-4-3-6-15(17)14-5-1-2-7-16(14)18/h1-2,5,7-9,12-13,15,19H,3-4,6,10-11H2/t12-,13+,15+,17-,18-/m1/s1. The van der Waals surface area contributed by atoms with Crippen LogP contribution in [0.25, 0.3) is 0 Å². The maximum atomic E-state index is 11.7. The van der Waals surface area contributed by atoms with E-state index in [2.05, 4.69) is 36.4 Å². The molecule has 0 saturated heterocycles. The summed E-state index contributed by atoms with van der Waals surface area (Å²) in [6.07, 6.45) is 11.0. The minimum Gasteiger partial charge on any atom is -0.384 e. The van der Waals surface area contributed by atoms with Gasteiger partial charge in [0.25, 0.3) is 0 Å². The number of hydrogen-bond acceptors (Lipinski definition) is 1. The van der Waals surface area contributed by atoms with Gasteiger partial charge in [-0.05, 0) is 42.2 Å². The first-order valence-electron chi connectivity index (χ1n) is 7.78. The molecule has 1 heteroatoms. The van der Waals surface area contributed by atoms with E-state index < -0.39 is 5.60 Å². The molecule has 1 aromatic rings. The van der Waals surface area contributed by atoms with Crippen molar-refractivity contribution in [2.45, 2.75) is 43.6 Å². The lowest BCUT2D eigenvalue weighted by molar-refractivity contribution is -0.114. The molecule has 5 atom stereocenters. The van der Waals surface area contributed by atoms with Crippen molar-refractivity contribution in [3.63, 3.8) is 0 Å². The Morgan fingerprint density at radius 2 is 1.89 bits per heavy atom. The predicted molar refractivity (Wildman–Crippen MR) is 74.7 cm³/mol. The molecule has 2 saturated carbocycles. The largest absolute Gasteiger partial charge is 0.384 e. The second-order valence-electron chi connectivity index (χ2n) is 7.03. The van der Waals surface area contributed by atoms with Crippen LogP contribution < -0.4 is 0 Å². The first-order valence-corrected chi connectivity index (χ1v) is 7.78. The van der Waals surface area contributed by atoms with E-state index in [1.807, 2.05) is 0 Å². The van der Waals surface area contributed by atoms with Crippen LogP contribution in [0.15, 0.2) is 36.4 Å². The van der Waals surface area contributed by atoms with Crippen molar-refractivity contribution >= 4 is 0 Å². The third-order valence-electron chi connectivity index (χ3n) is 6.69. The summed E-state index contributed by atoms with van der Waals surface area (Å²) in [5, 5.41) is 11.7. The van der Waals surface area contributed by atoms with E-state index in [4.69, 9.17) is 0 Å². The molecule has 1 spiro atoms. The molecule has 0 aliphatic heterocycles. The highest BCUT2D eigenvalue weighted by molar-refractivity contribution is 5.51. The Bertz CT molecular complexity index is 589. The fourth-order valence-electron chi connectivity index (χ4n) is 6.15. The number of fused-ring (bicyclic) bond motifs is 6. The van der Waals surface area contributed by atoms with Gasteiger partial charge in [-0.25, -0.2) is 0 Å². The van der Waals surface area contributed by atoms with Gasteiger partial charge in [0, 0.05) is 11.3 Å². The van der Waals surface area contributed by atoms with Crippen molar-refractivity contribution in [2.75, 3.05) is 0 Å². The molecule has 4 aliphatic carbocycles. The first kappa shape index (κ1) is 10.7. The minimum absolute atomic E-state index is 0.133. The van der Waals surface area contributed by atoms with E-state index in [-0.39, 0.29) is 5.41 Å². The monoisotopic (exact) mass is 252 g/mol. The summed E-state index contributed by atoms with van der Waals surface area (Å²) in [5.74, 6) is 1.57. The topological polar surface area (TPSA) is 20.2 Å². The Labute approximate surface area is 114 Å². The van der Waals surface area contributed by atoms with E-state index in [0.717, 1.165) is 0 Å². The molecule has 2 fully saturated rings. The van der Waals surface area contributed by atoms with Crippen molar-refractivity contribution in [3.05, 3.63) is 47.5 Å². The zero-order valence-corrected chi connectivity index (χ0v) is 11.2. The Morgan fingerprint density at radius 1 is 1.05 bits per heavy atom. The average Bonchev–Trinajstić information content (AvgIpc) is 3.08. The molecular formula is C18H20O. The zero-order valence-electron chi connectivity index (χ0n) is 11.2. The predicted octanol–water partition coefficient (Wildman–Crippen LogP) is 3.74. The molecule has 0 heterocycles. The third-order valence-corrected chi connectivity index (χ3v) is 6.69. The minimum atomic E-state index is -0.561. The van der Waals surface area contributed by atoms with Gasteiger partial charge in [0.2, 0.25) is 0 Å². The van der Waals surface area contributed by atoms with Crippen molar-refractivity contribution in [1.82, 2.24) is 0 Å². The molecular weight excluding hydrogens is 232 g/mol. The summed E-state index contributed by atoms with van der Waals surface area (Å²) in [5.41, 5.74) is 2.30. The van der Waals surface area contributed by atoms with Crippen molar-refractivity contribution in [3.8, 4) is 0 Å². The second kappa shape index (κ2) is 3.15. The van der Waals surface area contributed by atoms with E-state index in [9.17, 15) is 5.11 Å². The zero-order chi connectivity index (χ0) is 12.7. The van der Waals surface area contributed by atoms with E-state index >= 15 is 0 Å². The lowest BCUT2D eigenvalue weighted by Gasteiger charge is -2.50. The molecule has 0 radical (unpaired) electrons. The Balaban J connectivity index is 1.85. The van der Waals surface area contributed by atoms with Crippen LogP contribution in [0, 0.1) is 17.3 Å². The molecule has 5 rings (SSSR count). The number of hydrogen-bond donors (Lipinski definition) is 1. The molecule has 4 aliphatic rings. The number of allylic oxidation sites excluding steroid dienone is 1. The highest BCUT2D eigenvalue weighted by Gasteiger charge is 2.72. The van der Waals surface area contributed by atoms with Gasteiger partial charge in [0.15, 0.2) is 0 Å². The van der Waals surface area contributed by atoms with E-state index in [1.54, 1.807) is 0 Å². The molecule has 1 N–H and O–H groups in total. The molecule has 1 nitrogen and oxygen atoms in total. The summed E-state index contributed by atoms with van der Waals surface area (Å²) in [6.45, 7) is 0. The summed E-state index contributed by atoms with van der Waals surface area (Å²) in [7, 11) is 0. The van der Waals surface area contributed by atoms with E-state index in [1.165, 1.54) is 43.2 Å². The summed E-state index contributed by atoms with van der Waals surface area (Å²) < 4.78 is 0. The Morgan fingerprint density at radius 3 is 2.84 bits per heavy atom. The lowest BCUT2D eigenvalue weighted by Crippen LogP contribution is -2.48. The van der Waals surface area contributed by atoms with Crippen LogP contribution in [0.4, 0.5) is 0 Å².